The van der Waals surface area contributed by atoms with Crippen LogP contribution in [0.15, 0.2) is 35.6 Å². The van der Waals surface area contributed by atoms with Crippen LogP contribution < -0.4 is 10.9 Å². The van der Waals surface area contributed by atoms with Crippen LogP contribution in [0.2, 0.25) is 5.02 Å². The van der Waals surface area contributed by atoms with E-state index in [0.717, 1.165) is 6.20 Å². The van der Waals surface area contributed by atoms with Crippen molar-refractivity contribution in [3.05, 3.63) is 57.5 Å². The van der Waals surface area contributed by atoms with Gasteiger partial charge in [0.05, 0.1) is 17.9 Å². The normalized spacial score (nSPS) is 11.1. The number of esters is 1. The number of benzene rings is 1. The Bertz CT molecular complexity index is 910. The molecule has 0 atom stereocenters. The molecule has 0 radical (unpaired) electrons. The number of aromatic nitrogens is 2. The van der Waals surface area contributed by atoms with Crippen LogP contribution in [-0.4, -0.2) is 22.1 Å². The van der Waals surface area contributed by atoms with Gasteiger partial charge < -0.3 is 10.1 Å². The summed E-state index contributed by atoms with van der Waals surface area (Å²) in [6.45, 7) is 5.09. The van der Waals surface area contributed by atoms with Crippen molar-refractivity contribution in [2.24, 2.45) is 0 Å². The van der Waals surface area contributed by atoms with Gasteiger partial charge in [-0.25, -0.2) is 9.78 Å². The van der Waals surface area contributed by atoms with Crippen molar-refractivity contribution in [2.75, 3.05) is 11.9 Å². The molecule has 1 N–H and O–H groups in total. The van der Waals surface area contributed by atoms with Crippen molar-refractivity contribution >= 4 is 35.4 Å². The van der Waals surface area contributed by atoms with Gasteiger partial charge >= 0.3 is 12.1 Å². The summed E-state index contributed by atoms with van der Waals surface area (Å²) >= 11 is 5.49. The van der Waals surface area contributed by atoms with E-state index < -0.39 is 34.4 Å². The highest BCUT2D eigenvalue weighted by molar-refractivity contribution is 6.31. The van der Waals surface area contributed by atoms with Crippen molar-refractivity contribution in [3.63, 3.8) is 0 Å². The molecule has 0 bridgehead atoms. The minimum atomic E-state index is -4.94. The summed E-state index contributed by atoms with van der Waals surface area (Å²) < 4.78 is 44.8. The zero-order valence-electron chi connectivity index (χ0n) is 13.4. The van der Waals surface area contributed by atoms with E-state index in [-0.39, 0.29) is 17.9 Å². The number of alkyl halides is 3. The number of ether oxygens (including phenoxy) is 1. The lowest BCUT2D eigenvalue weighted by molar-refractivity contribution is -0.141. The summed E-state index contributed by atoms with van der Waals surface area (Å²) in [4.78, 5) is 27.5. The van der Waals surface area contributed by atoms with Crippen LogP contribution in [-0.2, 0) is 10.9 Å². The van der Waals surface area contributed by atoms with Gasteiger partial charge in [-0.15, -0.1) is 0 Å². The Balaban J connectivity index is 2.61. The molecular formula is C16H13ClF3N3O3. The van der Waals surface area contributed by atoms with Gasteiger partial charge in [-0.3, -0.25) is 9.36 Å². The standard InChI is InChI=1S/C16H13ClF3N3O3/c1-3-23-13(24)11(17)12(16(18,19)20)22-15(23)21-10-8-6-5-7-9(10)14(25)26-4-2/h3,5-8H,1,4H2,2H3,(H,21,22). The molecule has 2 rings (SSSR count). The summed E-state index contributed by atoms with van der Waals surface area (Å²) in [7, 11) is 0. The molecule has 6 nitrogen and oxygen atoms in total. The first-order valence-electron chi connectivity index (χ1n) is 7.25. The maximum atomic E-state index is 13.1. The molecule has 1 aromatic heterocycles. The average Bonchev–Trinajstić information content (AvgIpc) is 2.58. The molecule has 0 aliphatic carbocycles. The number of para-hydroxylation sites is 1. The SMILES string of the molecule is C=Cn1c(Nc2ccccc2C(=O)OCC)nc(C(F)(F)F)c(Cl)c1=O. The molecule has 0 aliphatic heterocycles. The molecule has 0 saturated carbocycles. The van der Waals surface area contributed by atoms with Crippen LogP contribution in [0.4, 0.5) is 24.8 Å². The molecule has 1 aromatic carbocycles. The van der Waals surface area contributed by atoms with Crippen LogP contribution in [0.3, 0.4) is 0 Å². The van der Waals surface area contributed by atoms with Crippen LogP contribution in [0.5, 0.6) is 0 Å². The van der Waals surface area contributed by atoms with Gasteiger partial charge in [0.25, 0.3) is 5.56 Å². The van der Waals surface area contributed by atoms with Gasteiger partial charge in [0, 0.05) is 6.20 Å². The van der Waals surface area contributed by atoms with Crippen molar-refractivity contribution in [1.82, 2.24) is 9.55 Å². The molecule has 0 aliphatic rings. The number of nitrogens with zero attached hydrogens (tertiary/aromatic N) is 2. The summed E-state index contributed by atoms with van der Waals surface area (Å²) in [5, 5.41) is 1.45. The number of hydrogen-bond donors (Lipinski definition) is 1. The molecule has 0 fully saturated rings. The van der Waals surface area contributed by atoms with Gasteiger partial charge in [-0.05, 0) is 19.1 Å². The van der Waals surface area contributed by atoms with Gasteiger partial charge in [0.2, 0.25) is 5.95 Å². The lowest BCUT2D eigenvalue weighted by Gasteiger charge is -2.16. The van der Waals surface area contributed by atoms with Crippen LogP contribution in [0.1, 0.15) is 23.0 Å². The fraction of sp³-hybridized carbons (Fsp3) is 0.188. The van der Waals surface area contributed by atoms with Crippen molar-refractivity contribution in [3.8, 4) is 0 Å². The number of anilines is 2. The monoisotopic (exact) mass is 387 g/mol. The van der Waals surface area contributed by atoms with E-state index in [0.29, 0.717) is 4.57 Å². The number of carbonyl (C=O) groups is 1. The molecule has 0 saturated heterocycles. The number of halogens is 4. The molecule has 10 heteroatoms. The fourth-order valence-electron chi connectivity index (χ4n) is 2.06. The van der Waals surface area contributed by atoms with Crippen molar-refractivity contribution in [2.45, 2.75) is 13.1 Å². The second kappa shape index (κ2) is 7.61. The quantitative estimate of drug-likeness (QED) is 0.787. The predicted molar refractivity (Wildman–Crippen MR) is 90.6 cm³/mol. The molecule has 26 heavy (non-hydrogen) atoms. The summed E-state index contributed by atoms with van der Waals surface area (Å²) in [6, 6.07) is 5.93. The molecule has 2 aromatic rings. The average molecular weight is 388 g/mol. The van der Waals surface area contributed by atoms with Gasteiger partial charge in [-0.1, -0.05) is 30.3 Å². The van der Waals surface area contributed by atoms with E-state index in [1.54, 1.807) is 19.1 Å². The van der Waals surface area contributed by atoms with Crippen molar-refractivity contribution < 1.29 is 22.7 Å². The molecular weight excluding hydrogens is 375 g/mol. The van der Waals surface area contributed by atoms with Crippen molar-refractivity contribution in [1.29, 1.82) is 0 Å². The predicted octanol–water partition coefficient (Wildman–Crippen LogP) is 3.94. The Morgan fingerprint density at radius 2 is 2.08 bits per heavy atom. The number of hydrogen-bond acceptors (Lipinski definition) is 5. The highest BCUT2D eigenvalue weighted by Crippen LogP contribution is 2.33. The Kier molecular flexibility index (Phi) is 5.71. The van der Waals surface area contributed by atoms with Gasteiger partial charge in [0.1, 0.15) is 5.02 Å². The third-order valence-electron chi connectivity index (χ3n) is 3.18. The zero-order chi connectivity index (χ0) is 19.5. The minimum absolute atomic E-state index is 0.0581. The Labute approximate surface area is 150 Å². The van der Waals surface area contributed by atoms with Gasteiger partial charge in [-0.2, -0.15) is 13.2 Å². The van der Waals surface area contributed by atoms with Crippen LogP contribution >= 0.6 is 11.6 Å². The highest BCUT2D eigenvalue weighted by Gasteiger charge is 2.38. The molecule has 0 amide bonds. The van der Waals surface area contributed by atoms with E-state index in [1.165, 1.54) is 12.1 Å². The summed E-state index contributed by atoms with van der Waals surface area (Å²) in [6.07, 6.45) is -3.98. The maximum absolute atomic E-state index is 13.1. The van der Waals surface area contributed by atoms with E-state index >= 15 is 0 Å². The lowest BCUT2D eigenvalue weighted by Crippen LogP contribution is -2.26. The van der Waals surface area contributed by atoms with Gasteiger partial charge in [0.15, 0.2) is 5.69 Å². The maximum Gasteiger partial charge on any atom is 0.435 e. The lowest BCUT2D eigenvalue weighted by atomic mass is 10.2. The first-order chi connectivity index (χ1) is 12.2. The Hall–Kier alpha value is -2.81. The highest BCUT2D eigenvalue weighted by atomic mass is 35.5. The second-order valence-corrected chi connectivity index (χ2v) is 5.22. The number of carbonyl (C=O) groups excluding carboxylic acids is 1. The third kappa shape index (κ3) is 3.88. The third-order valence-corrected chi connectivity index (χ3v) is 3.52. The largest absolute Gasteiger partial charge is 0.462 e. The topological polar surface area (TPSA) is 73.2 Å². The molecule has 0 spiro atoms. The smallest absolute Gasteiger partial charge is 0.435 e. The van der Waals surface area contributed by atoms with Crippen LogP contribution in [0, 0.1) is 0 Å². The first kappa shape index (κ1) is 19.5. The molecule has 138 valence electrons. The first-order valence-corrected chi connectivity index (χ1v) is 7.63. The molecule has 0 unspecified atom stereocenters. The number of nitrogens with one attached hydrogen (secondary N) is 1. The summed E-state index contributed by atoms with van der Waals surface area (Å²) in [5.74, 6) is -1.19. The fourth-order valence-corrected chi connectivity index (χ4v) is 2.30. The number of rotatable bonds is 5. The minimum Gasteiger partial charge on any atom is -0.462 e. The van der Waals surface area contributed by atoms with E-state index in [4.69, 9.17) is 16.3 Å². The van der Waals surface area contributed by atoms with E-state index in [2.05, 4.69) is 16.9 Å². The van der Waals surface area contributed by atoms with Crippen LogP contribution in [0.25, 0.3) is 6.20 Å². The second-order valence-electron chi connectivity index (χ2n) is 4.84. The summed E-state index contributed by atoms with van der Waals surface area (Å²) in [5.41, 5.74) is -2.54. The zero-order valence-corrected chi connectivity index (χ0v) is 14.2. The molecule has 1 heterocycles. The Morgan fingerprint density at radius 3 is 2.65 bits per heavy atom. The van der Waals surface area contributed by atoms with E-state index in [9.17, 15) is 22.8 Å². The van der Waals surface area contributed by atoms with E-state index in [1.807, 2.05) is 0 Å². The Morgan fingerprint density at radius 1 is 1.42 bits per heavy atom.